The molecule has 3 N–H and O–H groups in total. The van der Waals surface area contributed by atoms with E-state index in [2.05, 4.69) is 17.2 Å². The second-order valence-electron chi connectivity index (χ2n) is 4.33. The van der Waals surface area contributed by atoms with Crippen LogP contribution in [0, 0.1) is 5.92 Å². The Morgan fingerprint density at radius 3 is 2.62 bits per heavy atom. The molecule has 0 aliphatic heterocycles. The number of amides is 2. The maximum absolute atomic E-state index is 11.4. The lowest BCUT2D eigenvalue weighted by atomic mass is 10.1. The lowest BCUT2D eigenvalue weighted by Crippen LogP contribution is -2.41. The molecule has 1 aliphatic carbocycles. The molecule has 16 heavy (non-hydrogen) atoms. The normalized spacial score (nSPS) is 23.8. The summed E-state index contributed by atoms with van der Waals surface area (Å²) in [5.41, 5.74) is 0.880. The highest BCUT2D eigenvalue weighted by molar-refractivity contribution is 5.75. The van der Waals surface area contributed by atoms with Gasteiger partial charge in [-0.3, -0.25) is 4.79 Å². The topological polar surface area (TPSA) is 78.4 Å². The highest BCUT2D eigenvalue weighted by Gasteiger charge is 2.30. The van der Waals surface area contributed by atoms with E-state index in [9.17, 15) is 9.59 Å². The fraction of sp³-hybridized carbons (Fsp3) is 0.636. The standard InChI is InChI=1S/C11H18N2O3/c1-7(2)6-12-11(16)13-9-4-3-8(5-9)10(14)15/h8-9H,1,3-6H2,2H3,(H,14,15)(H2,12,13,16). The summed E-state index contributed by atoms with van der Waals surface area (Å²) in [6.45, 7) is 5.95. The Hall–Kier alpha value is -1.52. The highest BCUT2D eigenvalue weighted by Crippen LogP contribution is 2.25. The third kappa shape index (κ3) is 3.92. The average molecular weight is 226 g/mol. The molecule has 0 radical (unpaired) electrons. The zero-order valence-corrected chi connectivity index (χ0v) is 9.45. The van der Waals surface area contributed by atoms with Crippen molar-refractivity contribution in [1.29, 1.82) is 0 Å². The quantitative estimate of drug-likeness (QED) is 0.628. The van der Waals surface area contributed by atoms with Crippen LogP contribution < -0.4 is 10.6 Å². The molecule has 0 spiro atoms. The maximum atomic E-state index is 11.4. The number of carbonyl (C=O) groups excluding carboxylic acids is 1. The first-order chi connectivity index (χ1) is 7.49. The summed E-state index contributed by atoms with van der Waals surface area (Å²) in [5, 5.41) is 14.2. The summed E-state index contributed by atoms with van der Waals surface area (Å²) < 4.78 is 0. The zero-order chi connectivity index (χ0) is 12.1. The second-order valence-corrected chi connectivity index (χ2v) is 4.33. The molecule has 2 amide bonds. The van der Waals surface area contributed by atoms with Gasteiger partial charge in [0.05, 0.1) is 5.92 Å². The Morgan fingerprint density at radius 2 is 2.12 bits per heavy atom. The van der Waals surface area contributed by atoms with Gasteiger partial charge < -0.3 is 15.7 Å². The van der Waals surface area contributed by atoms with Crippen molar-refractivity contribution in [1.82, 2.24) is 10.6 Å². The van der Waals surface area contributed by atoms with Gasteiger partial charge in [0.25, 0.3) is 0 Å². The molecule has 1 saturated carbocycles. The summed E-state index contributed by atoms with van der Waals surface area (Å²) in [4.78, 5) is 22.1. The van der Waals surface area contributed by atoms with Crippen LogP contribution in [0.2, 0.25) is 0 Å². The largest absolute Gasteiger partial charge is 0.481 e. The Kier molecular flexibility index (Phi) is 4.34. The minimum Gasteiger partial charge on any atom is -0.481 e. The molecule has 0 aromatic rings. The molecule has 1 rings (SSSR count). The smallest absolute Gasteiger partial charge is 0.315 e. The molecular formula is C11H18N2O3. The van der Waals surface area contributed by atoms with Gasteiger partial charge in [-0.1, -0.05) is 12.2 Å². The predicted octanol–water partition coefficient (Wildman–Crippen LogP) is 1.11. The molecule has 2 unspecified atom stereocenters. The van der Waals surface area contributed by atoms with E-state index in [1.807, 2.05) is 6.92 Å². The number of carboxylic acids is 1. The van der Waals surface area contributed by atoms with Crippen LogP contribution in [0.25, 0.3) is 0 Å². The summed E-state index contributed by atoms with van der Waals surface area (Å²) in [5.74, 6) is -1.09. The number of urea groups is 1. The van der Waals surface area contributed by atoms with Crippen LogP contribution in [-0.4, -0.2) is 29.7 Å². The molecular weight excluding hydrogens is 208 g/mol. The van der Waals surface area contributed by atoms with E-state index in [4.69, 9.17) is 5.11 Å². The predicted molar refractivity (Wildman–Crippen MR) is 60.1 cm³/mol. The van der Waals surface area contributed by atoms with E-state index < -0.39 is 5.97 Å². The number of rotatable bonds is 4. The molecule has 0 bridgehead atoms. The molecule has 5 nitrogen and oxygen atoms in total. The molecule has 1 aliphatic rings. The third-order valence-electron chi connectivity index (χ3n) is 2.67. The Morgan fingerprint density at radius 1 is 1.44 bits per heavy atom. The summed E-state index contributed by atoms with van der Waals surface area (Å²) in [6, 6.07) is -0.273. The van der Waals surface area contributed by atoms with Crippen LogP contribution in [0.15, 0.2) is 12.2 Å². The number of nitrogens with one attached hydrogen (secondary N) is 2. The molecule has 1 fully saturated rings. The van der Waals surface area contributed by atoms with Crippen LogP contribution in [-0.2, 0) is 4.79 Å². The van der Waals surface area contributed by atoms with E-state index in [-0.39, 0.29) is 18.0 Å². The van der Waals surface area contributed by atoms with Gasteiger partial charge in [0.15, 0.2) is 0 Å². The summed E-state index contributed by atoms with van der Waals surface area (Å²) in [6.07, 6.45) is 1.90. The van der Waals surface area contributed by atoms with Gasteiger partial charge in [0.2, 0.25) is 0 Å². The van der Waals surface area contributed by atoms with Gasteiger partial charge in [-0.25, -0.2) is 4.79 Å². The van der Waals surface area contributed by atoms with Crippen LogP contribution in [0.4, 0.5) is 4.79 Å². The Balaban J connectivity index is 2.26. The van der Waals surface area contributed by atoms with Crippen molar-refractivity contribution in [3.8, 4) is 0 Å². The molecule has 5 heteroatoms. The fourth-order valence-corrected chi connectivity index (χ4v) is 1.80. The van der Waals surface area contributed by atoms with Crippen molar-refractivity contribution in [2.45, 2.75) is 32.2 Å². The number of aliphatic carboxylic acids is 1. The fourth-order valence-electron chi connectivity index (χ4n) is 1.80. The van der Waals surface area contributed by atoms with Crippen molar-refractivity contribution >= 4 is 12.0 Å². The van der Waals surface area contributed by atoms with Gasteiger partial charge in [0.1, 0.15) is 0 Å². The zero-order valence-electron chi connectivity index (χ0n) is 9.45. The molecule has 0 aromatic carbocycles. The van der Waals surface area contributed by atoms with E-state index in [1.54, 1.807) is 0 Å². The van der Waals surface area contributed by atoms with Crippen molar-refractivity contribution in [3.05, 3.63) is 12.2 Å². The number of hydrogen-bond acceptors (Lipinski definition) is 2. The van der Waals surface area contributed by atoms with Crippen LogP contribution in [0.1, 0.15) is 26.2 Å². The van der Waals surface area contributed by atoms with Gasteiger partial charge in [-0.15, -0.1) is 0 Å². The molecule has 2 atom stereocenters. The minimum atomic E-state index is -0.772. The number of carboxylic acid groups (broad SMARTS) is 1. The highest BCUT2D eigenvalue weighted by atomic mass is 16.4. The lowest BCUT2D eigenvalue weighted by molar-refractivity contribution is -0.141. The van der Waals surface area contributed by atoms with E-state index in [1.165, 1.54) is 0 Å². The molecule has 90 valence electrons. The van der Waals surface area contributed by atoms with Gasteiger partial charge >= 0.3 is 12.0 Å². The van der Waals surface area contributed by atoms with Gasteiger partial charge in [-0.2, -0.15) is 0 Å². The average Bonchev–Trinajstić information content (AvgIpc) is 2.63. The van der Waals surface area contributed by atoms with Crippen molar-refractivity contribution in [2.24, 2.45) is 5.92 Å². The first-order valence-corrected chi connectivity index (χ1v) is 5.40. The SMILES string of the molecule is C=C(C)CNC(=O)NC1CCC(C(=O)O)C1. The third-order valence-corrected chi connectivity index (χ3v) is 2.67. The van der Waals surface area contributed by atoms with Crippen molar-refractivity contribution in [2.75, 3.05) is 6.54 Å². The monoisotopic (exact) mass is 226 g/mol. The van der Waals surface area contributed by atoms with Crippen LogP contribution >= 0.6 is 0 Å². The van der Waals surface area contributed by atoms with Gasteiger partial charge in [0, 0.05) is 12.6 Å². The van der Waals surface area contributed by atoms with Crippen molar-refractivity contribution in [3.63, 3.8) is 0 Å². The van der Waals surface area contributed by atoms with Crippen LogP contribution in [0.3, 0.4) is 0 Å². The first kappa shape index (κ1) is 12.5. The Bertz CT molecular complexity index is 302. The molecule has 0 saturated heterocycles. The minimum absolute atomic E-state index is 0.0220. The second kappa shape index (κ2) is 5.53. The lowest BCUT2D eigenvalue weighted by Gasteiger charge is -2.13. The van der Waals surface area contributed by atoms with E-state index in [0.29, 0.717) is 19.4 Å². The molecule has 0 aromatic heterocycles. The summed E-state index contributed by atoms with van der Waals surface area (Å²) in [7, 11) is 0. The molecule has 0 heterocycles. The van der Waals surface area contributed by atoms with E-state index in [0.717, 1.165) is 12.0 Å². The number of carbonyl (C=O) groups is 2. The first-order valence-electron chi connectivity index (χ1n) is 5.40. The van der Waals surface area contributed by atoms with Crippen LogP contribution in [0.5, 0.6) is 0 Å². The maximum Gasteiger partial charge on any atom is 0.315 e. The van der Waals surface area contributed by atoms with Crippen molar-refractivity contribution < 1.29 is 14.7 Å². The number of hydrogen-bond donors (Lipinski definition) is 3. The van der Waals surface area contributed by atoms with E-state index >= 15 is 0 Å². The summed E-state index contributed by atoms with van der Waals surface area (Å²) >= 11 is 0. The Labute approximate surface area is 94.9 Å². The van der Waals surface area contributed by atoms with Gasteiger partial charge in [-0.05, 0) is 26.2 Å².